The Morgan fingerprint density at radius 2 is 2.33 bits per heavy atom. The van der Waals surface area contributed by atoms with Crippen LogP contribution in [0.15, 0.2) is 18.2 Å². The van der Waals surface area contributed by atoms with Crippen molar-refractivity contribution < 1.29 is 4.74 Å². The molecule has 0 fully saturated rings. The van der Waals surface area contributed by atoms with E-state index in [9.17, 15) is 0 Å². The summed E-state index contributed by atoms with van der Waals surface area (Å²) in [7, 11) is 0. The van der Waals surface area contributed by atoms with Gasteiger partial charge < -0.3 is 10.5 Å². The zero-order valence-corrected chi connectivity index (χ0v) is 11.0. The van der Waals surface area contributed by atoms with Gasteiger partial charge in [-0.3, -0.25) is 0 Å². The Hall–Kier alpha value is -1.46. The number of aromatic nitrogens is 2. The second-order valence-electron chi connectivity index (χ2n) is 4.49. The van der Waals surface area contributed by atoms with Gasteiger partial charge in [0.25, 0.3) is 0 Å². The molecule has 1 aliphatic heterocycles. The van der Waals surface area contributed by atoms with Gasteiger partial charge in [-0.25, -0.2) is 0 Å². The third-order valence-electron chi connectivity index (χ3n) is 3.27. The highest BCUT2D eigenvalue weighted by atomic mass is 32.1. The fourth-order valence-electron chi connectivity index (χ4n) is 2.32. The minimum atomic E-state index is -0.196. The molecule has 94 valence electrons. The van der Waals surface area contributed by atoms with Crippen molar-refractivity contribution in [3.63, 3.8) is 0 Å². The Bertz CT molecular complexity index is 567. The molecule has 4 nitrogen and oxygen atoms in total. The lowest BCUT2D eigenvalue weighted by atomic mass is 9.97. The van der Waals surface area contributed by atoms with Crippen molar-refractivity contribution in [2.75, 3.05) is 6.61 Å². The highest BCUT2D eigenvalue weighted by Gasteiger charge is 2.22. The van der Waals surface area contributed by atoms with E-state index in [4.69, 9.17) is 10.5 Å². The number of nitrogens with two attached hydrogens (primary N) is 1. The van der Waals surface area contributed by atoms with Gasteiger partial charge in [-0.1, -0.05) is 22.7 Å². The molecular formula is C13H15N3OS. The predicted octanol–water partition coefficient (Wildman–Crippen LogP) is 2.22. The molecule has 1 unspecified atom stereocenters. The molecule has 1 atom stereocenters. The van der Waals surface area contributed by atoms with Crippen molar-refractivity contribution in [1.29, 1.82) is 0 Å². The molecule has 1 aliphatic rings. The topological polar surface area (TPSA) is 61.0 Å². The van der Waals surface area contributed by atoms with Crippen molar-refractivity contribution in [2.24, 2.45) is 5.73 Å². The monoisotopic (exact) mass is 261 g/mol. The average molecular weight is 261 g/mol. The molecule has 0 aliphatic carbocycles. The molecule has 2 heterocycles. The summed E-state index contributed by atoms with van der Waals surface area (Å²) in [4.78, 5) is 1.01. The summed E-state index contributed by atoms with van der Waals surface area (Å²) in [5, 5.41) is 4.02. The van der Waals surface area contributed by atoms with Gasteiger partial charge in [0, 0.05) is 5.56 Å². The lowest BCUT2D eigenvalue weighted by molar-refractivity contribution is 0.284. The Kier molecular flexibility index (Phi) is 3.01. The van der Waals surface area contributed by atoms with Gasteiger partial charge in [0.15, 0.2) is 0 Å². The van der Waals surface area contributed by atoms with Gasteiger partial charge in [-0.05, 0) is 36.9 Å². The van der Waals surface area contributed by atoms with E-state index in [0.717, 1.165) is 41.3 Å². The van der Waals surface area contributed by atoms with E-state index < -0.39 is 0 Å². The van der Waals surface area contributed by atoms with Gasteiger partial charge in [0.1, 0.15) is 5.75 Å². The van der Waals surface area contributed by atoms with Crippen LogP contribution in [0.5, 0.6) is 5.75 Å². The molecule has 0 bridgehead atoms. The fourth-order valence-corrected chi connectivity index (χ4v) is 2.99. The van der Waals surface area contributed by atoms with Crippen molar-refractivity contribution in [1.82, 2.24) is 9.59 Å². The summed E-state index contributed by atoms with van der Waals surface area (Å²) < 4.78 is 9.75. The molecule has 0 spiro atoms. The standard InChI is InChI=1S/C13H15N3OS/c1-8-13(18-16-15-8)11(14)10-6-2-4-9-5-3-7-17-12(9)10/h2,4,6,11H,3,5,7,14H2,1H3. The zero-order valence-electron chi connectivity index (χ0n) is 10.2. The quantitative estimate of drug-likeness (QED) is 0.900. The van der Waals surface area contributed by atoms with Crippen molar-refractivity contribution >= 4 is 11.5 Å². The first-order chi connectivity index (χ1) is 8.77. The van der Waals surface area contributed by atoms with Crippen molar-refractivity contribution in [2.45, 2.75) is 25.8 Å². The van der Waals surface area contributed by atoms with E-state index in [2.05, 4.69) is 15.7 Å². The van der Waals surface area contributed by atoms with E-state index in [-0.39, 0.29) is 6.04 Å². The first-order valence-electron chi connectivity index (χ1n) is 6.06. The second kappa shape index (κ2) is 4.66. The number of aryl methyl sites for hydroxylation is 2. The first-order valence-corrected chi connectivity index (χ1v) is 6.83. The van der Waals surface area contributed by atoms with Gasteiger partial charge in [-0.2, -0.15) is 0 Å². The molecule has 0 amide bonds. The molecular weight excluding hydrogens is 246 g/mol. The number of hydrogen-bond acceptors (Lipinski definition) is 5. The molecule has 3 rings (SSSR count). The van der Waals surface area contributed by atoms with Gasteiger partial charge in [0.2, 0.25) is 0 Å². The van der Waals surface area contributed by atoms with Crippen LogP contribution >= 0.6 is 11.5 Å². The fraction of sp³-hybridized carbons (Fsp3) is 0.385. The molecule has 2 N–H and O–H groups in total. The lowest BCUT2D eigenvalue weighted by Crippen LogP contribution is -2.17. The van der Waals surface area contributed by atoms with Crippen LogP contribution in [0, 0.1) is 6.92 Å². The molecule has 18 heavy (non-hydrogen) atoms. The van der Waals surface area contributed by atoms with Crippen molar-refractivity contribution in [3.05, 3.63) is 39.9 Å². The van der Waals surface area contributed by atoms with Gasteiger partial charge >= 0.3 is 0 Å². The van der Waals surface area contributed by atoms with Crippen LogP contribution in [0.25, 0.3) is 0 Å². The highest BCUT2D eigenvalue weighted by molar-refractivity contribution is 7.05. The van der Waals surface area contributed by atoms with Crippen LogP contribution in [0.3, 0.4) is 0 Å². The number of benzene rings is 1. The second-order valence-corrected chi connectivity index (χ2v) is 5.27. The molecule has 0 radical (unpaired) electrons. The third kappa shape index (κ3) is 1.89. The number of para-hydroxylation sites is 1. The van der Waals surface area contributed by atoms with E-state index in [1.165, 1.54) is 17.1 Å². The number of ether oxygens (including phenoxy) is 1. The van der Waals surface area contributed by atoms with E-state index >= 15 is 0 Å². The predicted molar refractivity (Wildman–Crippen MR) is 70.9 cm³/mol. The minimum Gasteiger partial charge on any atom is -0.493 e. The number of hydrogen-bond donors (Lipinski definition) is 1. The number of rotatable bonds is 2. The van der Waals surface area contributed by atoms with Crippen molar-refractivity contribution in [3.8, 4) is 5.75 Å². The minimum absolute atomic E-state index is 0.196. The summed E-state index contributed by atoms with van der Waals surface area (Å²) >= 11 is 1.36. The molecule has 5 heteroatoms. The van der Waals surface area contributed by atoms with Gasteiger partial charge in [-0.15, -0.1) is 5.10 Å². The highest BCUT2D eigenvalue weighted by Crippen LogP contribution is 2.35. The maximum atomic E-state index is 6.34. The maximum Gasteiger partial charge on any atom is 0.127 e. The third-order valence-corrected chi connectivity index (χ3v) is 4.18. The van der Waals surface area contributed by atoms with E-state index in [0.29, 0.717) is 0 Å². The normalized spacial score (nSPS) is 15.9. The number of nitrogens with zero attached hydrogens (tertiary/aromatic N) is 2. The Labute approximate surface area is 110 Å². The lowest BCUT2D eigenvalue weighted by Gasteiger charge is -2.22. The SMILES string of the molecule is Cc1nnsc1C(N)c1cccc2c1OCCC2. The zero-order chi connectivity index (χ0) is 12.5. The van der Waals surface area contributed by atoms with Crippen LogP contribution in [0.4, 0.5) is 0 Å². The van der Waals surface area contributed by atoms with Crippen LogP contribution in [-0.4, -0.2) is 16.2 Å². The summed E-state index contributed by atoms with van der Waals surface area (Å²) in [5.41, 5.74) is 9.54. The van der Waals surface area contributed by atoms with Crippen LogP contribution < -0.4 is 10.5 Å². The largest absolute Gasteiger partial charge is 0.493 e. The maximum absolute atomic E-state index is 6.34. The summed E-state index contributed by atoms with van der Waals surface area (Å²) in [6, 6.07) is 6.00. The van der Waals surface area contributed by atoms with E-state index in [1.807, 2.05) is 19.1 Å². The molecule has 1 aromatic carbocycles. The Balaban J connectivity index is 2.04. The smallest absolute Gasteiger partial charge is 0.127 e. The summed E-state index contributed by atoms with van der Waals surface area (Å²) in [5.74, 6) is 0.962. The first kappa shape index (κ1) is 11.6. The summed E-state index contributed by atoms with van der Waals surface area (Å²) in [6.45, 7) is 2.71. The van der Waals surface area contributed by atoms with E-state index in [1.54, 1.807) is 0 Å². The molecule has 0 saturated heterocycles. The Morgan fingerprint density at radius 3 is 3.11 bits per heavy atom. The average Bonchev–Trinajstić information content (AvgIpc) is 2.83. The summed E-state index contributed by atoms with van der Waals surface area (Å²) in [6.07, 6.45) is 2.14. The van der Waals surface area contributed by atoms with Crippen LogP contribution in [0.2, 0.25) is 0 Å². The molecule has 1 aromatic heterocycles. The van der Waals surface area contributed by atoms with Crippen LogP contribution in [-0.2, 0) is 6.42 Å². The molecule has 0 saturated carbocycles. The molecule has 2 aromatic rings. The van der Waals surface area contributed by atoms with Gasteiger partial charge in [0.05, 0.1) is 23.2 Å². The Morgan fingerprint density at radius 1 is 1.44 bits per heavy atom. The number of fused-ring (bicyclic) bond motifs is 1. The van der Waals surface area contributed by atoms with Crippen LogP contribution in [0.1, 0.15) is 34.2 Å².